The molecule has 0 saturated carbocycles. The highest BCUT2D eigenvalue weighted by molar-refractivity contribution is 5.97. The van der Waals surface area contributed by atoms with Crippen molar-refractivity contribution in [3.63, 3.8) is 0 Å². The van der Waals surface area contributed by atoms with Crippen molar-refractivity contribution >= 4 is 11.6 Å². The normalized spacial score (nSPS) is 20.9. The molecule has 0 radical (unpaired) electrons. The molecule has 1 amide bonds. The molecule has 1 aliphatic rings. The maximum atomic E-state index is 12.0. The zero-order valence-electron chi connectivity index (χ0n) is 9.08. The van der Waals surface area contributed by atoms with Crippen molar-refractivity contribution in [2.24, 2.45) is 5.92 Å². The van der Waals surface area contributed by atoms with Gasteiger partial charge in [-0.2, -0.15) is 5.10 Å². The number of H-pyrrole nitrogens is 1. The van der Waals surface area contributed by atoms with E-state index in [2.05, 4.69) is 17.1 Å². The van der Waals surface area contributed by atoms with Gasteiger partial charge in [-0.3, -0.25) is 9.89 Å². The molecule has 1 saturated heterocycles. The number of anilines is 1. The number of carbonyl (C=O) groups excluding carboxylic acids is 1. The predicted octanol–water partition coefficient (Wildman–Crippen LogP) is 0.782. The first-order valence-corrected chi connectivity index (χ1v) is 5.19. The number of nitrogens with two attached hydrogens (primary N) is 1. The van der Waals surface area contributed by atoms with Crippen molar-refractivity contribution in [2.75, 3.05) is 18.8 Å². The highest BCUT2D eigenvalue weighted by Crippen LogP contribution is 2.20. The van der Waals surface area contributed by atoms with Crippen LogP contribution >= 0.6 is 0 Å². The van der Waals surface area contributed by atoms with Gasteiger partial charge in [0.05, 0.1) is 11.4 Å². The molecule has 1 aromatic heterocycles. The number of amides is 1. The van der Waals surface area contributed by atoms with Gasteiger partial charge in [0.2, 0.25) is 0 Å². The average molecular weight is 208 g/mol. The van der Waals surface area contributed by atoms with E-state index in [0.717, 1.165) is 25.2 Å². The lowest BCUT2D eigenvalue weighted by atomic mass is 10.2. The minimum Gasteiger partial charge on any atom is -0.395 e. The Morgan fingerprint density at radius 3 is 2.87 bits per heavy atom. The third-order valence-electron chi connectivity index (χ3n) is 2.91. The van der Waals surface area contributed by atoms with Crippen molar-refractivity contribution in [1.82, 2.24) is 15.1 Å². The van der Waals surface area contributed by atoms with Gasteiger partial charge in [0.25, 0.3) is 5.91 Å². The first-order valence-electron chi connectivity index (χ1n) is 5.19. The standard InChI is InChI=1S/C10H16N4O/c1-6-3-4-14(5-6)10(15)9-8(11)7(2)12-13-9/h6H,3-5,11H2,1-2H3,(H,12,13). The molecule has 0 spiro atoms. The molecule has 1 atom stereocenters. The average Bonchev–Trinajstić information content (AvgIpc) is 2.75. The zero-order chi connectivity index (χ0) is 11.0. The van der Waals surface area contributed by atoms with E-state index in [1.807, 2.05) is 11.8 Å². The molecule has 3 N–H and O–H groups in total. The second-order valence-electron chi connectivity index (χ2n) is 4.26. The number of aromatic nitrogens is 2. The van der Waals surface area contributed by atoms with E-state index in [0.29, 0.717) is 17.3 Å². The van der Waals surface area contributed by atoms with E-state index in [4.69, 9.17) is 5.73 Å². The molecule has 0 aromatic carbocycles. The molecule has 1 aliphatic heterocycles. The Morgan fingerprint density at radius 2 is 2.40 bits per heavy atom. The topological polar surface area (TPSA) is 75.0 Å². The number of nitrogen functional groups attached to an aromatic ring is 1. The van der Waals surface area contributed by atoms with Crippen LogP contribution in [0.5, 0.6) is 0 Å². The smallest absolute Gasteiger partial charge is 0.276 e. The number of rotatable bonds is 1. The summed E-state index contributed by atoms with van der Waals surface area (Å²) < 4.78 is 0. The molecule has 5 heteroatoms. The van der Waals surface area contributed by atoms with Crippen LogP contribution in [0, 0.1) is 12.8 Å². The highest BCUT2D eigenvalue weighted by atomic mass is 16.2. The van der Waals surface area contributed by atoms with Crippen molar-refractivity contribution in [3.8, 4) is 0 Å². The number of hydrogen-bond acceptors (Lipinski definition) is 3. The molecule has 0 bridgehead atoms. The third-order valence-corrected chi connectivity index (χ3v) is 2.91. The van der Waals surface area contributed by atoms with Gasteiger partial charge < -0.3 is 10.6 Å². The van der Waals surface area contributed by atoms with Crippen LogP contribution in [0.2, 0.25) is 0 Å². The molecule has 1 aromatic rings. The molecular weight excluding hydrogens is 192 g/mol. The van der Waals surface area contributed by atoms with Crippen LogP contribution in [0.1, 0.15) is 29.5 Å². The van der Waals surface area contributed by atoms with Crippen LogP contribution in [0.25, 0.3) is 0 Å². The summed E-state index contributed by atoms with van der Waals surface area (Å²) in [6.45, 7) is 5.58. The molecule has 2 rings (SSSR count). The summed E-state index contributed by atoms with van der Waals surface area (Å²) in [5.41, 5.74) is 7.35. The number of aryl methyl sites for hydroxylation is 1. The number of nitrogens with zero attached hydrogens (tertiary/aromatic N) is 2. The first kappa shape index (κ1) is 10.0. The highest BCUT2D eigenvalue weighted by Gasteiger charge is 2.27. The second-order valence-corrected chi connectivity index (χ2v) is 4.26. The summed E-state index contributed by atoms with van der Waals surface area (Å²) in [5.74, 6) is 0.524. The van der Waals surface area contributed by atoms with Crippen LogP contribution < -0.4 is 5.73 Å². The monoisotopic (exact) mass is 208 g/mol. The van der Waals surface area contributed by atoms with Gasteiger partial charge in [-0.05, 0) is 19.3 Å². The van der Waals surface area contributed by atoms with Crippen LogP contribution in [-0.2, 0) is 0 Å². The molecule has 82 valence electrons. The maximum Gasteiger partial charge on any atom is 0.276 e. The maximum absolute atomic E-state index is 12.0. The lowest BCUT2D eigenvalue weighted by Crippen LogP contribution is -2.29. The number of hydrogen-bond donors (Lipinski definition) is 2. The van der Waals surface area contributed by atoms with Crippen molar-refractivity contribution < 1.29 is 4.79 Å². The SMILES string of the molecule is Cc1[nH]nc(C(=O)N2CCC(C)C2)c1N. The van der Waals surface area contributed by atoms with Gasteiger partial charge in [0.1, 0.15) is 0 Å². The van der Waals surface area contributed by atoms with E-state index in [1.54, 1.807) is 0 Å². The minimum absolute atomic E-state index is 0.0544. The molecular formula is C10H16N4O. The predicted molar refractivity (Wildman–Crippen MR) is 57.4 cm³/mol. The van der Waals surface area contributed by atoms with Gasteiger partial charge in [0, 0.05) is 13.1 Å². The summed E-state index contributed by atoms with van der Waals surface area (Å²) >= 11 is 0. The fourth-order valence-corrected chi connectivity index (χ4v) is 1.87. The fourth-order valence-electron chi connectivity index (χ4n) is 1.87. The molecule has 1 unspecified atom stereocenters. The molecule has 2 heterocycles. The summed E-state index contributed by atoms with van der Waals surface area (Å²) in [6, 6.07) is 0. The largest absolute Gasteiger partial charge is 0.395 e. The molecule has 15 heavy (non-hydrogen) atoms. The minimum atomic E-state index is -0.0544. The van der Waals surface area contributed by atoms with E-state index < -0.39 is 0 Å². The van der Waals surface area contributed by atoms with Gasteiger partial charge >= 0.3 is 0 Å². The summed E-state index contributed by atoms with van der Waals surface area (Å²) in [5, 5.41) is 6.67. The molecule has 0 aliphatic carbocycles. The number of aromatic amines is 1. The van der Waals surface area contributed by atoms with Crippen LogP contribution in [0.4, 0.5) is 5.69 Å². The van der Waals surface area contributed by atoms with Crippen LogP contribution in [-0.4, -0.2) is 34.1 Å². The van der Waals surface area contributed by atoms with Gasteiger partial charge in [0.15, 0.2) is 5.69 Å². The lowest BCUT2D eigenvalue weighted by molar-refractivity contribution is 0.0783. The van der Waals surface area contributed by atoms with Crippen molar-refractivity contribution in [1.29, 1.82) is 0 Å². The quantitative estimate of drug-likeness (QED) is 0.716. The zero-order valence-corrected chi connectivity index (χ0v) is 9.08. The number of carbonyl (C=O) groups is 1. The van der Waals surface area contributed by atoms with E-state index >= 15 is 0 Å². The van der Waals surface area contributed by atoms with Crippen LogP contribution in [0.3, 0.4) is 0 Å². The number of likely N-dealkylation sites (tertiary alicyclic amines) is 1. The van der Waals surface area contributed by atoms with E-state index in [9.17, 15) is 4.79 Å². The van der Waals surface area contributed by atoms with Crippen LogP contribution in [0.15, 0.2) is 0 Å². The summed E-state index contributed by atoms with van der Waals surface area (Å²) in [6.07, 6.45) is 1.06. The Kier molecular flexibility index (Phi) is 2.38. The van der Waals surface area contributed by atoms with Gasteiger partial charge in [-0.1, -0.05) is 6.92 Å². The van der Waals surface area contributed by atoms with Gasteiger partial charge in [-0.15, -0.1) is 0 Å². The van der Waals surface area contributed by atoms with E-state index in [1.165, 1.54) is 0 Å². The Labute approximate surface area is 88.6 Å². The lowest BCUT2D eigenvalue weighted by Gasteiger charge is -2.14. The van der Waals surface area contributed by atoms with E-state index in [-0.39, 0.29) is 5.91 Å². The Morgan fingerprint density at radius 1 is 1.67 bits per heavy atom. The van der Waals surface area contributed by atoms with Crippen molar-refractivity contribution in [3.05, 3.63) is 11.4 Å². The van der Waals surface area contributed by atoms with Gasteiger partial charge in [-0.25, -0.2) is 0 Å². The molecule has 5 nitrogen and oxygen atoms in total. The first-order chi connectivity index (χ1) is 7.09. The number of nitrogens with one attached hydrogen (secondary N) is 1. The summed E-state index contributed by atoms with van der Waals surface area (Å²) in [4.78, 5) is 13.8. The fraction of sp³-hybridized carbons (Fsp3) is 0.600. The summed E-state index contributed by atoms with van der Waals surface area (Å²) in [7, 11) is 0. The Bertz CT molecular complexity index is 385. The Hall–Kier alpha value is -1.52. The molecule has 1 fully saturated rings. The third kappa shape index (κ3) is 1.69. The van der Waals surface area contributed by atoms with Crippen molar-refractivity contribution in [2.45, 2.75) is 20.3 Å². The second kappa shape index (κ2) is 3.56. The Balaban J connectivity index is 2.18.